The second-order valence-corrected chi connectivity index (χ2v) is 7.66. The average molecular weight is 417 g/mol. The van der Waals surface area contributed by atoms with Gasteiger partial charge in [-0.3, -0.25) is 9.59 Å². The number of halogens is 2. The van der Waals surface area contributed by atoms with Crippen LogP contribution >= 0.6 is 0 Å². The average Bonchev–Trinajstić information content (AvgIpc) is 2.75. The summed E-state index contributed by atoms with van der Waals surface area (Å²) in [5.74, 6) is -2.07. The summed E-state index contributed by atoms with van der Waals surface area (Å²) < 4.78 is 26.5. The van der Waals surface area contributed by atoms with Crippen molar-refractivity contribution in [2.45, 2.75) is 56.9 Å². The van der Waals surface area contributed by atoms with Crippen molar-refractivity contribution in [2.24, 2.45) is 11.5 Å². The highest BCUT2D eigenvalue weighted by Crippen LogP contribution is 2.24. The molecule has 0 radical (unpaired) electrons. The maximum absolute atomic E-state index is 13.3. The highest BCUT2D eigenvalue weighted by atomic mass is 19.1. The van der Waals surface area contributed by atoms with Gasteiger partial charge >= 0.3 is 0 Å². The van der Waals surface area contributed by atoms with Crippen LogP contribution in [0.1, 0.15) is 72.1 Å². The molecule has 0 saturated carbocycles. The number of Topliss-reactive ketones (excluding diaryl/α,β-unsaturated/α-hetero) is 2. The summed E-state index contributed by atoms with van der Waals surface area (Å²) in [6, 6.07) is 9.97. The highest BCUT2D eigenvalue weighted by Gasteiger charge is 2.42. The van der Waals surface area contributed by atoms with Gasteiger partial charge in [-0.25, -0.2) is 8.78 Å². The van der Waals surface area contributed by atoms with E-state index in [1.165, 1.54) is 24.3 Å². The Balaban J connectivity index is 2.11. The molecule has 2 aromatic carbocycles. The summed E-state index contributed by atoms with van der Waals surface area (Å²) in [6.07, 6.45) is 6.89. The third kappa shape index (κ3) is 6.54. The Hall–Kier alpha value is -2.44. The van der Waals surface area contributed by atoms with Gasteiger partial charge in [0, 0.05) is 11.1 Å². The van der Waals surface area contributed by atoms with Crippen molar-refractivity contribution in [3.8, 4) is 0 Å². The van der Waals surface area contributed by atoms with Crippen LogP contribution in [-0.4, -0.2) is 23.7 Å². The first-order valence-corrected chi connectivity index (χ1v) is 10.5. The molecular weight excluding hydrogens is 386 g/mol. The van der Waals surface area contributed by atoms with Gasteiger partial charge in [-0.15, -0.1) is 0 Å². The van der Waals surface area contributed by atoms with Crippen LogP contribution in [0.2, 0.25) is 0 Å². The third-order valence-corrected chi connectivity index (χ3v) is 5.30. The van der Waals surface area contributed by atoms with Gasteiger partial charge in [0.25, 0.3) is 0 Å². The molecule has 4 nitrogen and oxygen atoms in total. The number of benzene rings is 2. The van der Waals surface area contributed by atoms with Crippen molar-refractivity contribution in [3.05, 3.63) is 71.3 Å². The zero-order valence-electron chi connectivity index (χ0n) is 17.2. The number of rotatable bonds is 13. The fourth-order valence-corrected chi connectivity index (χ4v) is 3.48. The number of carbonyl (C=O) groups is 2. The second kappa shape index (κ2) is 11.7. The fraction of sp³-hybridized carbons (Fsp3) is 0.417. The van der Waals surface area contributed by atoms with Crippen LogP contribution in [0, 0.1) is 11.6 Å². The van der Waals surface area contributed by atoms with E-state index in [9.17, 15) is 18.4 Å². The van der Waals surface area contributed by atoms with Crippen LogP contribution in [0.15, 0.2) is 48.5 Å². The molecule has 0 saturated heterocycles. The number of ketones is 2. The quantitative estimate of drug-likeness (QED) is 0.279. The van der Waals surface area contributed by atoms with E-state index < -0.39 is 28.7 Å². The molecule has 0 aliphatic rings. The normalized spacial score (nSPS) is 11.5. The van der Waals surface area contributed by atoms with E-state index in [0.29, 0.717) is 13.0 Å². The van der Waals surface area contributed by atoms with Crippen molar-refractivity contribution >= 4 is 11.6 Å². The maximum Gasteiger partial charge on any atom is 0.190 e. The van der Waals surface area contributed by atoms with Crippen LogP contribution in [-0.2, 0) is 0 Å². The molecule has 0 amide bonds. The standard InChI is InChI=1S/C24H30F2N2O2/c25-20-12-8-18(9-13-20)22(29)24(28,16-6-4-2-1-3-5-7-17-27)23(30)19-10-14-21(26)15-11-19/h8-15H,1-7,16-17,27-28H2. The van der Waals surface area contributed by atoms with Crippen LogP contribution < -0.4 is 11.5 Å². The van der Waals surface area contributed by atoms with Gasteiger partial charge in [0.05, 0.1) is 0 Å². The number of hydrogen-bond acceptors (Lipinski definition) is 4. The summed E-state index contributed by atoms with van der Waals surface area (Å²) in [4.78, 5) is 26.3. The summed E-state index contributed by atoms with van der Waals surface area (Å²) in [7, 11) is 0. The Morgan fingerprint density at radius 3 is 1.43 bits per heavy atom. The van der Waals surface area contributed by atoms with Gasteiger partial charge in [-0.05, 0) is 67.9 Å². The molecule has 0 fully saturated rings. The molecule has 0 aliphatic heterocycles. The summed E-state index contributed by atoms with van der Waals surface area (Å²) in [5.41, 5.74) is 10.5. The summed E-state index contributed by atoms with van der Waals surface area (Å²) in [5, 5.41) is 0. The molecule has 162 valence electrons. The zero-order chi connectivity index (χ0) is 22.0. The predicted octanol–water partition coefficient (Wildman–Crippen LogP) is 4.81. The lowest BCUT2D eigenvalue weighted by Gasteiger charge is -2.27. The Kier molecular flexibility index (Phi) is 9.27. The minimum Gasteiger partial charge on any atom is -0.330 e. The Labute approximate surface area is 176 Å². The van der Waals surface area contributed by atoms with Gasteiger partial charge in [-0.1, -0.05) is 38.5 Å². The SMILES string of the molecule is NCCCCCCCCCC(N)(C(=O)c1ccc(F)cc1)C(=O)c1ccc(F)cc1. The van der Waals surface area contributed by atoms with Gasteiger partial charge in [0.1, 0.15) is 17.2 Å². The highest BCUT2D eigenvalue weighted by molar-refractivity contribution is 6.23. The fourth-order valence-electron chi connectivity index (χ4n) is 3.48. The van der Waals surface area contributed by atoms with E-state index in [4.69, 9.17) is 11.5 Å². The van der Waals surface area contributed by atoms with E-state index in [1.54, 1.807) is 0 Å². The van der Waals surface area contributed by atoms with Crippen molar-refractivity contribution < 1.29 is 18.4 Å². The molecule has 30 heavy (non-hydrogen) atoms. The lowest BCUT2D eigenvalue weighted by atomic mass is 9.79. The third-order valence-electron chi connectivity index (χ3n) is 5.30. The minimum atomic E-state index is -1.78. The number of unbranched alkanes of at least 4 members (excludes halogenated alkanes) is 6. The van der Waals surface area contributed by atoms with E-state index in [-0.39, 0.29) is 17.5 Å². The monoisotopic (exact) mass is 416 g/mol. The smallest absolute Gasteiger partial charge is 0.190 e. The maximum atomic E-state index is 13.3. The Bertz CT molecular complexity index is 763. The molecule has 2 rings (SSSR count). The van der Waals surface area contributed by atoms with E-state index in [1.807, 2.05) is 0 Å². The first kappa shape index (κ1) is 23.8. The molecule has 0 bridgehead atoms. The lowest BCUT2D eigenvalue weighted by Crippen LogP contribution is -2.55. The van der Waals surface area contributed by atoms with E-state index in [2.05, 4.69) is 0 Å². The van der Waals surface area contributed by atoms with Crippen molar-refractivity contribution in [1.29, 1.82) is 0 Å². The van der Waals surface area contributed by atoms with Gasteiger partial charge in [-0.2, -0.15) is 0 Å². The molecule has 6 heteroatoms. The van der Waals surface area contributed by atoms with Crippen molar-refractivity contribution in [3.63, 3.8) is 0 Å². The first-order valence-electron chi connectivity index (χ1n) is 10.5. The molecular formula is C24H30F2N2O2. The zero-order valence-corrected chi connectivity index (χ0v) is 17.2. The largest absolute Gasteiger partial charge is 0.330 e. The van der Waals surface area contributed by atoms with Gasteiger partial charge in [0.2, 0.25) is 0 Å². The number of hydrogen-bond donors (Lipinski definition) is 2. The van der Waals surface area contributed by atoms with Crippen molar-refractivity contribution in [2.75, 3.05) is 6.54 Å². The van der Waals surface area contributed by atoms with Crippen LogP contribution in [0.5, 0.6) is 0 Å². The summed E-state index contributed by atoms with van der Waals surface area (Å²) in [6.45, 7) is 0.701. The van der Waals surface area contributed by atoms with Crippen molar-refractivity contribution in [1.82, 2.24) is 0 Å². The van der Waals surface area contributed by atoms with E-state index in [0.717, 1.165) is 62.8 Å². The Morgan fingerprint density at radius 1 is 0.667 bits per heavy atom. The molecule has 4 N–H and O–H groups in total. The molecule has 0 aromatic heterocycles. The van der Waals surface area contributed by atoms with Crippen LogP contribution in [0.3, 0.4) is 0 Å². The van der Waals surface area contributed by atoms with Gasteiger partial charge in [0.15, 0.2) is 11.6 Å². The second-order valence-electron chi connectivity index (χ2n) is 7.66. The topological polar surface area (TPSA) is 86.2 Å². The number of carbonyl (C=O) groups excluding carboxylic acids is 2. The minimum absolute atomic E-state index is 0.169. The lowest BCUT2D eigenvalue weighted by molar-refractivity contribution is 0.0755. The first-order chi connectivity index (χ1) is 14.4. The molecule has 2 aromatic rings. The molecule has 0 spiro atoms. The molecule has 0 unspecified atom stereocenters. The number of nitrogens with two attached hydrogens (primary N) is 2. The molecule has 0 aliphatic carbocycles. The van der Waals surface area contributed by atoms with Crippen LogP contribution in [0.25, 0.3) is 0 Å². The van der Waals surface area contributed by atoms with Crippen LogP contribution in [0.4, 0.5) is 8.78 Å². The molecule has 0 heterocycles. The van der Waals surface area contributed by atoms with Gasteiger partial charge < -0.3 is 11.5 Å². The predicted molar refractivity (Wildman–Crippen MR) is 114 cm³/mol. The molecule has 0 atom stereocenters. The van der Waals surface area contributed by atoms with E-state index >= 15 is 0 Å². The Morgan fingerprint density at radius 2 is 1.03 bits per heavy atom. The summed E-state index contributed by atoms with van der Waals surface area (Å²) >= 11 is 0.